The van der Waals surface area contributed by atoms with Crippen molar-refractivity contribution in [3.8, 4) is 23.6 Å². The predicted octanol–water partition coefficient (Wildman–Crippen LogP) is 5.89. The van der Waals surface area contributed by atoms with Gasteiger partial charge >= 0.3 is 0 Å². The number of methoxy groups -OCH3 is 2. The van der Waals surface area contributed by atoms with Crippen molar-refractivity contribution in [2.45, 2.75) is 0 Å². The topological polar surface area (TPSA) is 66.0 Å². The average molecular weight is 398 g/mol. The fourth-order valence-electron chi connectivity index (χ4n) is 2.68. The molecule has 0 spiro atoms. The van der Waals surface area contributed by atoms with Gasteiger partial charge in [-0.25, -0.2) is 0 Å². The van der Waals surface area contributed by atoms with E-state index in [1.54, 1.807) is 14.2 Å². The molecule has 29 heavy (non-hydrogen) atoms. The summed E-state index contributed by atoms with van der Waals surface area (Å²) in [4.78, 5) is 1.63. The molecular formula is C24H18N2O2S. The highest BCUT2D eigenvalue weighted by atomic mass is 32.1. The van der Waals surface area contributed by atoms with Crippen molar-refractivity contribution in [2.75, 3.05) is 14.2 Å². The lowest BCUT2D eigenvalue weighted by Gasteiger charge is -2.01. The standard InChI is InChI=1S/C24H18N2O2S/c1-27-21-7-3-17(4-8-21)13-19(15-25)23-11-12-24(29-23)20(16-26)14-18-5-9-22(28-2)10-6-18/h3-14H,1-2H3/b19-13-,20-14+. The van der Waals surface area contributed by atoms with Gasteiger partial charge in [0.25, 0.3) is 0 Å². The van der Waals surface area contributed by atoms with Gasteiger partial charge in [0.1, 0.15) is 23.6 Å². The van der Waals surface area contributed by atoms with E-state index in [-0.39, 0.29) is 0 Å². The SMILES string of the molecule is COc1ccc(/C=C(/C#N)c2ccc(/C(C#N)=C/c3ccc(OC)cc3)s2)cc1. The zero-order valence-electron chi connectivity index (χ0n) is 16.0. The third kappa shape index (κ3) is 4.93. The zero-order valence-corrected chi connectivity index (χ0v) is 16.9. The van der Waals surface area contributed by atoms with Crippen molar-refractivity contribution in [1.29, 1.82) is 10.5 Å². The fraction of sp³-hybridized carbons (Fsp3) is 0.0833. The van der Waals surface area contributed by atoms with Gasteiger partial charge in [-0.1, -0.05) is 24.3 Å². The number of nitriles is 2. The van der Waals surface area contributed by atoms with E-state index in [4.69, 9.17) is 9.47 Å². The van der Waals surface area contributed by atoms with E-state index in [2.05, 4.69) is 12.1 Å². The molecule has 0 saturated heterocycles. The summed E-state index contributed by atoms with van der Waals surface area (Å²) in [6, 6.07) is 23.3. The predicted molar refractivity (Wildman–Crippen MR) is 117 cm³/mol. The largest absolute Gasteiger partial charge is 0.497 e. The maximum Gasteiger partial charge on any atom is 0.118 e. The van der Waals surface area contributed by atoms with Crippen molar-refractivity contribution in [3.63, 3.8) is 0 Å². The van der Waals surface area contributed by atoms with Crippen molar-refractivity contribution < 1.29 is 9.47 Å². The van der Waals surface area contributed by atoms with Crippen LogP contribution >= 0.6 is 11.3 Å². The quantitative estimate of drug-likeness (QED) is 0.485. The summed E-state index contributed by atoms with van der Waals surface area (Å²) >= 11 is 1.42. The van der Waals surface area contributed by atoms with Crippen molar-refractivity contribution >= 4 is 34.6 Å². The highest BCUT2D eigenvalue weighted by Crippen LogP contribution is 2.31. The minimum Gasteiger partial charge on any atom is -0.497 e. The molecule has 0 fully saturated rings. The fourth-order valence-corrected chi connectivity index (χ4v) is 3.62. The Morgan fingerprint density at radius 3 is 1.38 bits per heavy atom. The minimum absolute atomic E-state index is 0.549. The zero-order chi connectivity index (χ0) is 20.6. The monoisotopic (exact) mass is 398 g/mol. The number of allylic oxidation sites excluding steroid dienone is 2. The molecule has 0 aliphatic heterocycles. The summed E-state index contributed by atoms with van der Waals surface area (Å²) in [5.74, 6) is 1.53. The first-order valence-electron chi connectivity index (χ1n) is 8.79. The van der Waals surface area contributed by atoms with Crippen LogP contribution in [-0.4, -0.2) is 14.2 Å². The maximum atomic E-state index is 9.60. The van der Waals surface area contributed by atoms with Gasteiger partial charge in [0.15, 0.2) is 0 Å². The second-order valence-electron chi connectivity index (χ2n) is 6.05. The Balaban J connectivity index is 1.88. The van der Waals surface area contributed by atoms with Gasteiger partial charge in [0.2, 0.25) is 0 Å². The lowest BCUT2D eigenvalue weighted by molar-refractivity contribution is 0.414. The van der Waals surface area contributed by atoms with E-state index in [0.29, 0.717) is 11.1 Å². The summed E-state index contributed by atoms with van der Waals surface area (Å²) in [5.41, 5.74) is 2.92. The van der Waals surface area contributed by atoms with Gasteiger partial charge < -0.3 is 9.47 Å². The molecule has 0 unspecified atom stereocenters. The Kier molecular flexibility index (Phi) is 6.47. The average Bonchev–Trinajstić information content (AvgIpc) is 3.26. The Labute approximate surface area is 174 Å². The third-order valence-electron chi connectivity index (χ3n) is 4.23. The van der Waals surface area contributed by atoms with E-state index in [9.17, 15) is 10.5 Å². The molecule has 3 aromatic rings. The highest BCUT2D eigenvalue weighted by Gasteiger charge is 2.09. The van der Waals surface area contributed by atoms with Crippen LogP contribution in [0.5, 0.6) is 11.5 Å². The molecule has 0 bridgehead atoms. The second kappa shape index (κ2) is 9.41. The van der Waals surface area contributed by atoms with Gasteiger partial charge in [-0.2, -0.15) is 10.5 Å². The molecule has 1 heterocycles. The summed E-state index contributed by atoms with van der Waals surface area (Å²) in [7, 11) is 3.23. The molecular weight excluding hydrogens is 380 g/mol. The molecule has 2 aromatic carbocycles. The molecule has 1 aromatic heterocycles. The smallest absolute Gasteiger partial charge is 0.118 e. The van der Waals surface area contributed by atoms with Crippen LogP contribution in [-0.2, 0) is 0 Å². The number of ether oxygens (including phenoxy) is 2. The summed E-state index contributed by atoms with van der Waals surface area (Å²) in [6.45, 7) is 0. The molecule has 142 valence electrons. The van der Waals surface area contributed by atoms with Gasteiger partial charge in [0, 0.05) is 9.75 Å². The summed E-state index contributed by atoms with van der Waals surface area (Å²) in [5, 5.41) is 19.2. The number of nitrogens with zero attached hydrogens (tertiary/aromatic N) is 2. The summed E-state index contributed by atoms with van der Waals surface area (Å²) < 4.78 is 10.3. The number of rotatable bonds is 6. The van der Waals surface area contributed by atoms with Crippen LogP contribution in [0.25, 0.3) is 23.3 Å². The van der Waals surface area contributed by atoms with Gasteiger partial charge in [-0.15, -0.1) is 11.3 Å². The first-order chi connectivity index (χ1) is 14.2. The van der Waals surface area contributed by atoms with Crippen LogP contribution in [0.2, 0.25) is 0 Å². The molecule has 5 heteroatoms. The first-order valence-corrected chi connectivity index (χ1v) is 9.60. The number of hydrogen-bond donors (Lipinski definition) is 0. The lowest BCUT2D eigenvalue weighted by atomic mass is 10.1. The van der Waals surface area contributed by atoms with E-state index in [1.807, 2.05) is 72.8 Å². The molecule has 0 aliphatic carbocycles. The van der Waals surface area contributed by atoms with E-state index in [1.165, 1.54) is 11.3 Å². The van der Waals surface area contributed by atoms with Gasteiger partial charge in [-0.05, 0) is 59.7 Å². The van der Waals surface area contributed by atoms with Crippen LogP contribution in [0, 0.1) is 22.7 Å². The van der Waals surface area contributed by atoms with E-state index in [0.717, 1.165) is 32.4 Å². The summed E-state index contributed by atoms with van der Waals surface area (Å²) in [6.07, 6.45) is 3.66. The first kappa shape index (κ1) is 19.9. The molecule has 0 atom stereocenters. The molecule has 0 radical (unpaired) electrons. The van der Waals surface area contributed by atoms with Crippen LogP contribution in [0.4, 0.5) is 0 Å². The molecule has 4 nitrogen and oxygen atoms in total. The Hall–Kier alpha value is -3.80. The Morgan fingerprint density at radius 2 is 1.07 bits per heavy atom. The van der Waals surface area contributed by atoms with Crippen LogP contribution in [0.1, 0.15) is 20.9 Å². The van der Waals surface area contributed by atoms with E-state index >= 15 is 0 Å². The van der Waals surface area contributed by atoms with E-state index < -0.39 is 0 Å². The second-order valence-corrected chi connectivity index (χ2v) is 7.13. The van der Waals surface area contributed by atoms with Crippen molar-refractivity contribution in [1.82, 2.24) is 0 Å². The van der Waals surface area contributed by atoms with Gasteiger partial charge in [-0.3, -0.25) is 0 Å². The lowest BCUT2D eigenvalue weighted by Crippen LogP contribution is -1.82. The number of thiophene rings is 1. The Morgan fingerprint density at radius 1 is 0.690 bits per heavy atom. The molecule has 0 N–H and O–H groups in total. The van der Waals surface area contributed by atoms with Crippen LogP contribution in [0.15, 0.2) is 60.7 Å². The van der Waals surface area contributed by atoms with Crippen molar-refractivity contribution in [2.24, 2.45) is 0 Å². The van der Waals surface area contributed by atoms with Crippen molar-refractivity contribution in [3.05, 3.63) is 81.5 Å². The van der Waals surface area contributed by atoms with Gasteiger partial charge in [0.05, 0.1) is 25.4 Å². The number of hydrogen-bond acceptors (Lipinski definition) is 5. The van der Waals surface area contributed by atoms with Crippen LogP contribution in [0.3, 0.4) is 0 Å². The molecule has 0 saturated carbocycles. The Bertz CT molecular complexity index is 1040. The maximum absolute atomic E-state index is 9.60. The molecule has 0 aliphatic rings. The normalized spacial score (nSPS) is 11.4. The third-order valence-corrected chi connectivity index (χ3v) is 5.38. The number of benzene rings is 2. The highest BCUT2D eigenvalue weighted by molar-refractivity contribution is 7.14. The van der Waals surface area contributed by atoms with Crippen LogP contribution < -0.4 is 9.47 Å². The minimum atomic E-state index is 0.549. The molecule has 0 amide bonds. The molecule has 3 rings (SSSR count).